The maximum atomic E-state index is 11.8. The van der Waals surface area contributed by atoms with Crippen molar-refractivity contribution in [3.05, 3.63) is 35.4 Å². The summed E-state index contributed by atoms with van der Waals surface area (Å²) >= 11 is 0. The smallest absolute Gasteiger partial charge is 0.248 e. The molecule has 3 aliphatic rings. The number of nitrogens with zero attached hydrogens (tertiary/aromatic N) is 2. The van der Waals surface area contributed by atoms with Gasteiger partial charge in [-0.15, -0.1) is 0 Å². The lowest BCUT2D eigenvalue weighted by molar-refractivity contribution is -0.160. The maximum Gasteiger partial charge on any atom is 0.248 e. The third kappa shape index (κ3) is 2.86. The average Bonchev–Trinajstić information content (AvgIpc) is 2.58. The minimum Gasteiger partial charge on any atom is -0.489 e. The van der Waals surface area contributed by atoms with Crippen LogP contribution in [-0.4, -0.2) is 67.7 Å². The molecular weight excluding hydrogens is 292 g/mol. The lowest BCUT2D eigenvalue weighted by Crippen LogP contribution is -2.60. The molecule has 1 amide bonds. The van der Waals surface area contributed by atoms with Crippen molar-refractivity contribution in [1.82, 2.24) is 9.80 Å². The molecule has 0 saturated carbocycles. The highest BCUT2D eigenvalue weighted by atomic mass is 16.5. The number of piperidine rings is 1. The quantitative estimate of drug-likeness (QED) is 0.827. The molecule has 0 N–H and O–H groups in total. The Hall–Kier alpha value is -1.85. The third-order valence-corrected chi connectivity index (χ3v) is 5.03. The van der Waals surface area contributed by atoms with E-state index in [0.29, 0.717) is 6.61 Å². The van der Waals surface area contributed by atoms with Crippen molar-refractivity contribution in [2.24, 2.45) is 0 Å². The number of carbonyl (C=O) groups excluding carboxylic acids is 1. The number of fused-ring (bicyclic) bond motifs is 2. The molecule has 0 unspecified atom stereocenters. The molecule has 2 saturated heterocycles. The topological polar surface area (TPSA) is 42.0 Å². The number of likely N-dealkylation sites (tertiary alicyclic amines) is 1. The van der Waals surface area contributed by atoms with Gasteiger partial charge in [-0.3, -0.25) is 9.69 Å². The molecule has 4 rings (SSSR count). The van der Waals surface area contributed by atoms with Crippen molar-refractivity contribution >= 4 is 12.0 Å². The molecule has 0 aliphatic carbocycles. The van der Waals surface area contributed by atoms with Crippen molar-refractivity contribution in [1.29, 1.82) is 0 Å². The van der Waals surface area contributed by atoms with Crippen molar-refractivity contribution in [2.75, 3.05) is 39.9 Å². The Morgan fingerprint density at radius 1 is 1.26 bits per heavy atom. The van der Waals surface area contributed by atoms with Gasteiger partial charge in [0.05, 0.1) is 12.1 Å². The summed E-state index contributed by atoms with van der Waals surface area (Å²) in [6.45, 7) is 3.63. The van der Waals surface area contributed by atoms with Gasteiger partial charge in [0.25, 0.3) is 0 Å². The van der Waals surface area contributed by atoms with Crippen LogP contribution in [0.3, 0.4) is 0 Å². The summed E-state index contributed by atoms with van der Waals surface area (Å²) in [6, 6.07) is 8.30. The minimum atomic E-state index is 0.0854. The Labute approximate surface area is 136 Å². The minimum absolute atomic E-state index is 0.0854. The first-order valence-electron chi connectivity index (χ1n) is 8.21. The van der Waals surface area contributed by atoms with Gasteiger partial charge in [-0.2, -0.15) is 0 Å². The number of likely N-dealkylation sites (N-methyl/N-ethyl adjacent to an activating group) is 1. The Morgan fingerprint density at radius 2 is 2.13 bits per heavy atom. The van der Waals surface area contributed by atoms with Crippen LogP contribution in [0.4, 0.5) is 0 Å². The molecule has 2 atom stereocenters. The molecule has 3 aliphatic heterocycles. The molecule has 5 nitrogen and oxygen atoms in total. The van der Waals surface area contributed by atoms with Crippen LogP contribution >= 0.6 is 0 Å². The van der Waals surface area contributed by atoms with E-state index in [0.717, 1.165) is 37.4 Å². The van der Waals surface area contributed by atoms with E-state index in [9.17, 15) is 4.79 Å². The highest BCUT2D eigenvalue weighted by molar-refractivity contribution is 5.78. The van der Waals surface area contributed by atoms with Gasteiger partial charge in [-0.25, -0.2) is 0 Å². The van der Waals surface area contributed by atoms with E-state index in [1.165, 1.54) is 5.57 Å². The summed E-state index contributed by atoms with van der Waals surface area (Å²) in [6.07, 6.45) is 3.40. The fourth-order valence-electron chi connectivity index (χ4n) is 3.69. The zero-order valence-corrected chi connectivity index (χ0v) is 13.4. The molecule has 122 valence electrons. The molecule has 3 heterocycles. The zero-order valence-electron chi connectivity index (χ0n) is 13.4. The fraction of sp³-hybridized carbons (Fsp3) is 0.500. The van der Waals surface area contributed by atoms with Crippen molar-refractivity contribution in [3.8, 4) is 5.75 Å². The number of morpholine rings is 1. The van der Waals surface area contributed by atoms with Crippen molar-refractivity contribution < 1.29 is 14.3 Å². The molecule has 5 heteroatoms. The molecule has 0 aromatic heterocycles. The van der Waals surface area contributed by atoms with Crippen LogP contribution in [-0.2, 0) is 9.53 Å². The zero-order chi connectivity index (χ0) is 15.8. The fourth-order valence-corrected chi connectivity index (χ4v) is 3.69. The Morgan fingerprint density at radius 3 is 3.04 bits per heavy atom. The van der Waals surface area contributed by atoms with Crippen LogP contribution in [0.15, 0.2) is 29.8 Å². The normalized spacial score (nSPS) is 27.8. The van der Waals surface area contributed by atoms with Gasteiger partial charge < -0.3 is 14.4 Å². The van der Waals surface area contributed by atoms with Gasteiger partial charge in [0.2, 0.25) is 5.91 Å². The highest BCUT2D eigenvalue weighted by Crippen LogP contribution is 2.27. The van der Waals surface area contributed by atoms with Crippen LogP contribution in [0, 0.1) is 0 Å². The number of para-hydroxylation sites is 1. The standard InChI is InChI=1S/C18H22N2O3/c1-19-15-10-20(7-6-17(15)23-12-18(19)21)9-13-8-14-4-2-3-5-16(14)22-11-13/h2-5,8,15,17H,6-7,9-12H2,1H3/t15-,17+/m0/s1. The van der Waals surface area contributed by atoms with Gasteiger partial charge in [-0.05, 0) is 24.1 Å². The number of rotatable bonds is 2. The summed E-state index contributed by atoms with van der Waals surface area (Å²) in [5.74, 6) is 1.04. The molecule has 0 bridgehead atoms. The van der Waals surface area contributed by atoms with E-state index in [2.05, 4.69) is 17.0 Å². The van der Waals surface area contributed by atoms with Crippen LogP contribution in [0.1, 0.15) is 12.0 Å². The van der Waals surface area contributed by atoms with Gasteiger partial charge >= 0.3 is 0 Å². The van der Waals surface area contributed by atoms with Gasteiger partial charge in [0.1, 0.15) is 19.0 Å². The third-order valence-electron chi connectivity index (χ3n) is 5.03. The second-order valence-electron chi connectivity index (χ2n) is 6.57. The number of carbonyl (C=O) groups is 1. The van der Waals surface area contributed by atoms with E-state index in [1.54, 1.807) is 0 Å². The molecule has 0 spiro atoms. The van der Waals surface area contributed by atoms with Crippen LogP contribution in [0.2, 0.25) is 0 Å². The van der Waals surface area contributed by atoms with Crippen molar-refractivity contribution in [3.63, 3.8) is 0 Å². The van der Waals surface area contributed by atoms with Crippen LogP contribution in [0.5, 0.6) is 5.75 Å². The van der Waals surface area contributed by atoms with E-state index < -0.39 is 0 Å². The van der Waals surface area contributed by atoms with Gasteiger partial charge in [0.15, 0.2) is 0 Å². The number of benzene rings is 1. The summed E-state index contributed by atoms with van der Waals surface area (Å²) in [5.41, 5.74) is 2.43. The van der Waals surface area contributed by atoms with Crippen LogP contribution in [0.25, 0.3) is 6.08 Å². The van der Waals surface area contributed by atoms with Gasteiger partial charge in [0, 0.05) is 32.2 Å². The Kier molecular flexibility index (Phi) is 3.83. The molecule has 1 aromatic carbocycles. The van der Waals surface area contributed by atoms with Gasteiger partial charge in [-0.1, -0.05) is 18.2 Å². The predicted octanol–water partition coefficient (Wildman–Crippen LogP) is 1.39. The lowest BCUT2D eigenvalue weighted by atomic mass is 9.98. The largest absolute Gasteiger partial charge is 0.489 e. The molecule has 23 heavy (non-hydrogen) atoms. The Balaban J connectivity index is 1.44. The lowest BCUT2D eigenvalue weighted by Gasteiger charge is -2.45. The van der Waals surface area contributed by atoms with E-state index in [1.807, 2.05) is 30.1 Å². The van der Waals surface area contributed by atoms with E-state index in [4.69, 9.17) is 9.47 Å². The molecular formula is C18H22N2O3. The molecule has 0 radical (unpaired) electrons. The predicted molar refractivity (Wildman–Crippen MR) is 87.3 cm³/mol. The summed E-state index contributed by atoms with van der Waals surface area (Å²) < 4.78 is 11.5. The van der Waals surface area contributed by atoms with Crippen LogP contribution < -0.4 is 4.74 Å². The number of hydrogen-bond donors (Lipinski definition) is 0. The Bertz CT molecular complexity index is 643. The average molecular weight is 314 g/mol. The van der Waals surface area contributed by atoms with Crippen molar-refractivity contribution in [2.45, 2.75) is 18.6 Å². The molecule has 1 aromatic rings. The summed E-state index contributed by atoms with van der Waals surface area (Å²) in [7, 11) is 1.89. The second-order valence-corrected chi connectivity index (χ2v) is 6.57. The summed E-state index contributed by atoms with van der Waals surface area (Å²) in [5, 5.41) is 0. The van der Waals surface area contributed by atoms with E-state index in [-0.39, 0.29) is 24.7 Å². The summed E-state index contributed by atoms with van der Waals surface area (Å²) in [4.78, 5) is 16.1. The monoisotopic (exact) mass is 314 g/mol. The SMILES string of the molecule is CN1C(=O)CO[C@@H]2CCN(CC3=Cc4ccccc4OC3)C[C@@H]21. The first-order chi connectivity index (χ1) is 11.2. The highest BCUT2D eigenvalue weighted by Gasteiger charge is 2.38. The first kappa shape index (κ1) is 14.7. The number of ether oxygens (including phenoxy) is 2. The van der Waals surface area contributed by atoms with E-state index >= 15 is 0 Å². The second kappa shape index (κ2) is 5.98. The molecule has 2 fully saturated rings. The number of amides is 1. The first-order valence-corrected chi connectivity index (χ1v) is 8.21. The number of hydrogen-bond acceptors (Lipinski definition) is 4. The maximum absolute atomic E-state index is 11.8.